The molecule has 1 atom stereocenters. The Bertz CT molecular complexity index is 402. The van der Waals surface area contributed by atoms with E-state index in [0.717, 1.165) is 12.8 Å². The van der Waals surface area contributed by atoms with Gasteiger partial charge in [-0.2, -0.15) is 0 Å². The van der Waals surface area contributed by atoms with Crippen molar-refractivity contribution < 1.29 is 14.6 Å². The Morgan fingerprint density at radius 3 is 2.65 bits per heavy atom. The van der Waals surface area contributed by atoms with Crippen molar-refractivity contribution in [3.8, 4) is 0 Å². The largest absolute Gasteiger partial charge is 0.390 e. The molecule has 0 radical (unpaired) electrons. The van der Waals surface area contributed by atoms with E-state index in [1.807, 2.05) is 0 Å². The van der Waals surface area contributed by atoms with Crippen LogP contribution in [0.5, 0.6) is 0 Å². The highest BCUT2D eigenvalue weighted by molar-refractivity contribution is 6.30. The molecule has 1 aliphatic carbocycles. The van der Waals surface area contributed by atoms with Crippen molar-refractivity contribution in [2.24, 2.45) is 0 Å². The molecule has 1 saturated carbocycles. The molecule has 4 heteroatoms. The number of aliphatic hydroxyl groups is 2. The molecule has 0 spiro atoms. The van der Waals surface area contributed by atoms with Crippen LogP contribution in [-0.2, 0) is 6.42 Å². The van der Waals surface area contributed by atoms with Gasteiger partial charge in [-0.25, -0.2) is 4.39 Å². The minimum absolute atomic E-state index is 0.0492. The Morgan fingerprint density at radius 1 is 1.35 bits per heavy atom. The van der Waals surface area contributed by atoms with Crippen LogP contribution in [-0.4, -0.2) is 21.9 Å². The van der Waals surface area contributed by atoms with Gasteiger partial charge in [-0.05, 0) is 24.5 Å². The number of hydrogen-bond donors (Lipinski definition) is 2. The predicted molar refractivity (Wildman–Crippen MR) is 64.5 cm³/mol. The number of hydrogen-bond acceptors (Lipinski definition) is 2. The molecule has 1 unspecified atom stereocenters. The van der Waals surface area contributed by atoms with Crippen LogP contribution in [0.1, 0.15) is 31.2 Å². The standard InChI is InChI=1S/C13H16ClFO2/c14-10-5-3-4-9(12(10)15)8-11(16)13(17)6-1-2-7-13/h3-5,11,16-17H,1-2,6-8H2. The van der Waals surface area contributed by atoms with Crippen LogP contribution in [0.25, 0.3) is 0 Å². The van der Waals surface area contributed by atoms with Gasteiger partial charge in [-0.1, -0.05) is 36.6 Å². The number of halogens is 2. The van der Waals surface area contributed by atoms with Gasteiger partial charge in [0.1, 0.15) is 5.82 Å². The zero-order chi connectivity index (χ0) is 12.5. The molecule has 0 aromatic heterocycles. The van der Waals surface area contributed by atoms with Crippen molar-refractivity contribution in [3.05, 3.63) is 34.6 Å². The lowest BCUT2D eigenvalue weighted by atomic mass is 9.90. The first-order valence-electron chi connectivity index (χ1n) is 5.86. The molecule has 1 aromatic carbocycles. The summed E-state index contributed by atoms with van der Waals surface area (Å²) in [5, 5.41) is 20.2. The monoisotopic (exact) mass is 258 g/mol. The highest BCUT2D eigenvalue weighted by Crippen LogP contribution is 2.34. The number of benzene rings is 1. The lowest BCUT2D eigenvalue weighted by molar-refractivity contribution is -0.0691. The van der Waals surface area contributed by atoms with Gasteiger partial charge in [0.25, 0.3) is 0 Å². The molecule has 0 bridgehead atoms. The van der Waals surface area contributed by atoms with Gasteiger partial charge >= 0.3 is 0 Å². The molecule has 2 nitrogen and oxygen atoms in total. The minimum Gasteiger partial charge on any atom is -0.390 e. The predicted octanol–water partition coefficient (Wildman–Crippen LogP) is 2.69. The average molecular weight is 259 g/mol. The van der Waals surface area contributed by atoms with Crippen molar-refractivity contribution in [3.63, 3.8) is 0 Å². The van der Waals surface area contributed by atoms with E-state index in [4.69, 9.17) is 11.6 Å². The fourth-order valence-electron chi connectivity index (χ4n) is 2.42. The summed E-state index contributed by atoms with van der Waals surface area (Å²) >= 11 is 5.67. The summed E-state index contributed by atoms with van der Waals surface area (Å²) in [5.41, 5.74) is -0.709. The quantitative estimate of drug-likeness (QED) is 0.875. The maximum Gasteiger partial charge on any atom is 0.145 e. The van der Waals surface area contributed by atoms with E-state index < -0.39 is 17.5 Å². The first-order chi connectivity index (χ1) is 8.03. The summed E-state index contributed by atoms with van der Waals surface area (Å²) in [5.74, 6) is -0.505. The fraction of sp³-hybridized carbons (Fsp3) is 0.538. The zero-order valence-electron chi connectivity index (χ0n) is 9.50. The Morgan fingerprint density at radius 2 is 2.00 bits per heavy atom. The van der Waals surface area contributed by atoms with E-state index in [9.17, 15) is 14.6 Å². The lowest BCUT2D eigenvalue weighted by Gasteiger charge is -2.28. The summed E-state index contributed by atoms with van der Waals surface area (Å²) in [6.07, 6.45) is 2.14. The van der Waals surface area contributed by atoms with E-state index in [2.05, 4.69) is 0 Å². The Labute approximate surface area is 105 Å². The molecule has 17 heavy (non-hydrogen) atoms. The van der Waals surface area contributed by atoms with Crippen LogP contribution in [0, 0.1) is 5.82 Å². The third kappa shape index (κ3) is 2.62. The molecule has 1 aliphatic rings. The van der Waals surface area contributed by atoms with Gasteiger partial charge in [0.15, 0.2) is 0 Å². The normalized spacial score (nSPS) is 20.5. The summed E-state index contributed by atoms with van der Waals surface area (Å²) < 4.78 is 13.6. The summed E-state index contributed by atoms with van der Waals surface area (Å²) in [4.78, 5) is 0. The van der Waals surface area contributed by atoms with Crippen molar-refractivity contribution in [2.45, 2.75) is 43.8 Å². The number of rotatable bonds is 3. The van der Waals surface area contributed by atoms with E-state index in [0.29, 0.717) is 18.4 Å². The first-order valence-corrected chi connectivity index (χ1v) is 6.24. The van der Waals surface area contributed by atoms with Gasteiger partial charge in [-0.3, -0.25) is 0 Å². The van der Waals surface area contributed by atoms with Gasteiger partial charge in [0.05, 0.1) is 16.7 Å². The van der Waals surface area contributed by atoms with Gasteiger partial charge < -0.3 is 10.2 Å². The van der Waals surface area contributed by atoms with Gasteiger partial charge in [-0.15, -0.1) is 0 Å². The van der Waals surface area contributed by atoms with Crippen molar-refractivity contribution in [1.29, 1.82) is 0 Å². The molecule has 1 aromatic rings. The van der Waals surface area contributed by atoms with Crippen LogP contribution in [0.4, 0.5) is 4.39 Å². The first kappa shape index (κ1) is 12.8. The molecule has 0 amide bonds. The Hall–Kier alpha value is -0.640. The SMILES string of the molecule is OC(Cc1cccc(Cl)c1F)C1(O)CCCC1. The number of aliphatic hydroxyl groups excluding tert-OH is 1. The molecule has 2 rings (SSSR count). The second-order valence-corrected chi connectivity index (χ2v) is 5.15. The fourth-order valence-corrected chi connectivity index (χ4v) is 2.62. The topological polar surface area (TPSA) is 40.5 Å². The molecular weight excluding hydrogens is 243 g/mol. The smallest absolute Gasteiger partial charge is 0.145 e. The Balaban J connectivity index is 2.12. The molecule has 0 heterocycles. The van der Waals surface area contributed by atoms with E-state index in [1.54, 1.807) is 12.1 Å². The van der Waals surface area contributed by atoms with Crippen molar-refractivity contribution in [1.82, 2.24) is 0 Å². The average Bonchev–Trinajstić information content (AvgIpc) is 2.73. The summed E-state index contributed by atoms with van der Waals surface area (Å²) in [6.45, 7) is 0. The molecule has 0 aliphatic heterocycles. The maximum absolute atomic E-state index is 13.6. The molecular formula is C13H16ClFO2. The molecule has 1 fully saturated rings. The minimum atomic E-state index is -1.06. The van der Waals surface area contributed by atoms with Crippen LogP contribution in [0.2, 0.25) is 5.02 Å². The molecule has 94 valence electrons. The second-order valence-electron chi connectivity index (χ2n) is 4.74. The van der Waals surface area contributed by atoms with Crippen LogP contribution in [0.3, 0.4) is 0 Å². The van der Waals surface area contributed by atoms with E-state index >= 15 is 0 Å². The summed E-state index contributed by atoms with van der Waals surface area (Å²) in [6, 6.07) is 4.70. The van der Waals surface area contributed by atoms with E-state index in [1.165, 1.54) is 6.07 Å². The third-order valence-electron chi connectivity index (χ3n) is 3.53. The van der Waals surface area contributed by atoms with Crippen LogP contribution in [0.15, 0.2) is 18.2 Å². The van der Waals surface area contributed by atoms with Crippen LogP contribution < -0.4 is 0 Å². The van der Waals surface area contributed by atoms with Gasteiger partial charge in [0, 0.05) is 6.42 Å². The van der Waals surface area contributed by atoms with Crippen molar-refractivity contribution >= 4 is 11.6 Å². The maximum atomic E-state index is 13.6. The molecule has 0 saturated heterocycles. The third-order valence-corrected chi connectivity index (χ3v) is 3.83. The van der Waals surface area contributed by atoms with E-state index in [-0.39, 0.29) is 11.4 Å². The lowest BCUT2D eigenvalue weighted by Crippen LogP contribution is -2.41. The Kier molecular flexibility index (Phi) is 3.71. The molecule has 2 N–H and O–H groups in total. The van der Waals surface area contributed by atoms with Crippen molar-refractivity contribution in [2.75, 3.05) is 0 Å². The second kappa shape index (κ2) is 4.92. The highest BCUT2D eigenvalue weighted by Gasteiger charge is 2.38. The highest BCUT2D eigenvalue weighted by atomic mass is 35.5. The summed E-state index contributed by atoms with van der Waals surface area (Å²) in [7, 11) is 0. The van der Waals surface area contributed by atoms with Crippen LogP contribution >= 0.6 is 11.6 Å². The zero-order valence-corrected chi connectivity index (χ0v) is 10.3. The van der Waals surface area contributed by atoms with Gasteiger partial charge in [0.2, 0.25) is 0 Å².